The van der Waals surface area contributed by atoms with Gasteiger partial charge in [0, 0.05) is 52.7 Å². The number of benzene rings is 2. The lowest BCUT2D eigenvalue weighted by Gasteiger charge is -2.20. The molecule has 4 nitrogen and oxygen atoms in total. The van der Waals surface area contributed by atoms with Gasteiger partial charge < -0.3 is 19.6 Å². The third kappa shape index (κ3) is 14.0. The van der Waals surface area contributed by atoms with Crippen LogP contribution >= 0.6 is 0 Å². The van der Waals surface area contributed by atoms with Crippen LogP contribution in [0.3, 0.4) is 0 Å². The standard InChI is InChI=1S/2C9H13N.C8H20N2/c1-8-4-6-9(7-5-8)10(2)3;1-8-5-4-6-9(7-8)10(2)3;1-8(6-9(2)3)7-10(4)5/h2*4-7H,1-3H3;8H,6-7H2,1-5H3. The van der Waals surface area contributed by atoms with Gasteiger partial charge in [0.25, 0.3) is 0 Å². The molecule has 0 atom stereocenters. The summed E-state index contributed by atoms with van der Waals surface area (Å²) in [7, 11) is 16.7. The smallest absolute Gasteiger partial charge is 0.0363 e. The SMILES string of the molecule is CC(CN(C)C)CN(C)C.Cc1ccc(N(C)C)cc1.Cc1cccc(N(C)C)c1. The summed E-state index contributed by atoms with van der Waals surface area (Å²) in [5.74, 6) is 0.769. The molecular weight excluding hydrogens is 368 g/mol. The molecule has 0 saturated carbocycles. The number of anilines is 2. The van der Waals surface area contributed by atoms with Crippen LogP contribution in [0.15, 0.2) is 48.5 Å². The molecule has 0 aliphatic rings. The van der Waals surface area contributed by atoms with Crippen LogP contribution in [0.4, 0.5) is 11.4 Å². The minimum absolute atomic E-state index is 0.769. The highest BCUT2D eigenvalue weighted by molar-refractivity contribution is 5.47. The minimum Gasteiger partial charge on any atom is -0.378 e. The van der Waals surface area contributed by atoms with Crippen molar-refractivity contribution in [3.8, 4) is 0 Å². The van der Waals surface area contributed by atoms with Crippen molar-refractivity contribution in [1.82, 2.24) is 9.80 Å². The summed E-state index contributed by atoms with van der Waals surface area (Å²) in [6.45, 7) is 8.84. The number of aryl methyl sites for hydroxylation is 2. The molecular formula is C26H46N4. The van der Waals surface area contributed by atoms with Gasteiger partial charge in [0.1, 0.15) is 0 Å². The molecule has 0 amide bonds. The van der Waals surface area contributed by atoms with E-state index in [-0.39, 0.29) is 0 Å². The monoisotopic (exact) mass is 414 g/mol. The lowest BCUT2D eigenvalue weighted by molar-refractivity contribution is 0.273. The molecule has 0 radical (unpaired) electrons. The average molecular weight is 415 g/mol. The highest BCUT2D eigenvalue weighted by atomic mass is 15.1. The molecule has 2 aromatic rings. The lowest BCUT2D eigenvalue weighted by atomic mass is 10.1. The van der Waals surface area contributed by atoms with Gasteiger partial charge in [-0.3, -0.25) is 0 Å². The summed E-state index contributed by atoms with van der Waals surface area (Å²) in [5, 5.41) is 0. The summed E-state index contributed by atoms with van der Waals surface area (Å²) in [6, 6.07) is 16.9. The lowest BCUT2D eigenvalue weighted by Crippen LogP contribution is -2.28. The first-order valence-corrected chi connectivity index (χ1v) is 10.7. The van der Waals surface area contributed by atoms with Crippen molar-refractivity contribution < 1.29 is 0 Å². The van der Waals surface area contributed by atoms with Gasteiger partial charge >= 0.3 is 0 Å². The average Bonchev–Trinajstić information content (AvgIpc) is 2.61. The van der Waals surface area contributed by atoms with Crippen LogP contribution in [0.1, 0.15) is 18.1 Å². The first-order valence-electron chi connectivity index (χ1n) is 10.7. The predicted molar refractivity (Wildman–Crippen MR) is 137 cm³/mol. The Morgan fingerprint density at radius 1 is 0.600 bits per heavy atom. The quantitative estimate of drug-likeness (QED) is 0.669. The number of hydrogen-bond donors (Lipinski definition) is 0. The minimum atomic E-state index is 0.769. The Balaban J connectivity index is 0.000000420. The largest absolute Gasteiger partial charge is 0.378 e. The Morgan fingerprint density at radius 3 is 1.40 bits per heavy atom. The molecule has 2 rings (SSSR count). The van der Waals surface area contributed by atoms with E-state index in [0.717, 1.165) is 5.92 Å². The fourth-order valence-electron chi connectivity index (χ4n) is 3.05. The molecule has 0 unspecified atom stereocenters. The maximum Gasteiger partial charge on any atom is 0.0363 e. The van der Waals surface area contributed by atoms with Crippen molar-refractivity contribution in [3.63, 3.8) is 0 Å². The number of hydrogen-bond acceptors (Lipinski definition) is 4. The van der Waals surface area contributed by atoms with Crippen molar-refractivity contribution in [2.24, 2.45) is 5.92 Å². The zero-order valence-electron chi connectivity index (χ0n) is 21.4. The van der Waals surface area contributed by atoms with E-state index >= 15 is 0 Å². The highest BCUT2D eigenvalue weighted by Gasteiger charge is 2.03. The summed E-state index contributed by atoms with van der Waals surface area (Å²) in [4.78, 5) is 8.66. The van der Waals surface area contributed by atoms with Gasteiger partial charge in [-0.25, -0.2) is 0 Å². The molecule has 170 valence electrons. The normalized spacial score (nSPS) is 10.3. The van der Waals surface area contributed by atoms with Crippen LogP contribution in [0, 0.1) is 19.8 Å². The van der Waals surface area contributed by atoms with E-state index in [1.807, 2.05) is 14.1 Å². The third-order valence-electron chi connectivity index (χ3n) is 4.42. The van der Waals surface area contributed by atoms with Crippen molar-refractivity contribution in [3.05, 3.63) is 59.7 Å². The van der Waals surface area contributed by atoms with Gasteiger partial charge in [0.2, 0.25) is 0 Å². The number of rotatable bonds is 6. The number of nitrogens with zero attached hydrogens (tertiary/aromatic N) is 4. The van der Waals surface area contributed by atoms with E-state index in [2.05, 4.69) is 131 Å². The van der Waals surface area contributed by atoms with Crippen molar-refractivity contribution in [2.75, 3.05) is 79.3 Å². The van der Waals surface area contributed by atoms with Crippen molar-refractivity contribution >= 4 is 11.4 Å². The molecule has 2 aromatic carbocycles. The first kappa shape index (κ1) is 28.0. The van der Waals surface area contributed by atoms with Crippen LogP contribution < -0.4 is 9.80 Å². The van der Waals surface area contributed by atoms with Crippen LogP contribution in [0.5, 0.6) is 0 Å². The fraction of sp³-hybridized carbons (Fsp3) is 0.538. The topological polar surface area (TPSA) is 13.0 Å². The molecule has 30 heavy (non-hydrogen) atoms. The molecule has 0 aliphatic carbocycles. The van der Waals surface area contributed by atoms with Crippen LogP contribution in [-0.4, -0.2) is 79.3 Å². The third-order valence-corrected chi connectivity index (χ3v) is 4.42. The maximum absolute atomic E-state index is 2.28. The summed E-state index contributed by atoms with van der Waals surface area (Å²) < 4.78 is 0. The van der Waals surface area contributed by atoms with Crippen molar-refractivity contribution in [2.45, 2.75) is 20.8 Å². The predicted octanol–water partition coefficient (Wildman–Crippen LogP) is 4.87. The second-order valence-corrected chi connectivity index (χ2v) is 9.09. The van der Waals surface area contributed by atoms with Gasteiger partial charge in [-0.1, -0.05) is 36.8 Å². The van der Waals surface area contributed by atoms with Gasteiger partial charge in [0.05, 0.1) is 0 Å². The van der Waals surface area contributed by atoms with Crippen LogP contribution in [-0.2, 0) is 0 Å². The fourth-order valence-corrected chi connectivity index (χ4v) is 3.05. The van der Waals surface area contributed by atoms with Gasteiger partial charge in [-0.2, -0.15) is 0 Å². The molecule has 0 aliphatic heterocycles. The van der Waals surface area contributed by atoms with Gasteiger partial charge in [-0.05, 0) is 77.8 Å². The van der Waals surface area contributed by atoms with E-state index in [1.54, 1.807) is 0 Å². The molecule has 0 spiro atoms. The van der Waals surface area contributed by atoms with Gasteiger partial charge in [0.15, 0.2) is 0 Å². The van der Waals surface area contributed by atoms with E-state index in [4.69, 9.17) is 0 Å². The van der Waals surface area contributed by atoms with E-state index in [9.17, 15) is 0 Å². The Morgan fingerprint density at radius 2 is 1.07 bits per heavy atom. The zero-order valence-corrected chi connectivity index (χ0v) is 21.4. The van der Waals surface area contributed by atoms with Gasteiger partial charge in [-0.15, -0.1) is 0 Å². The summed E-state index contributed by atoms with van der Waals surface area (Å²) in [6.07, 6.45) is 0. The molecule has 0 saturated heterocycles. The molecule has 0 heterocycles. The first-order chi connectivity index (χ1) is 13.9. The summed E-state index contributed by atoms with van der Waals surface area (Å²) >= 11 is 0. The van der Waals surface area contributed by atoms with E-state index < -0.39 is 0 Å². The zero-order chi connectivity index (χ0) is 23.3. The Kier molecular flexibility index (Phi) is 13.9. The second kappa shape index (κ2) is 14.9. The highest BCUT2D eigenvalue weighted by Crippen LogP contribution is 2.12. The Hall–Kier alpha value is -2.04. The molecule has 0 N–H and O–H groups in total. The molecule has 0 bridgehead atoms. The molecule has 0 aromatic heterocycles. The molecule has 4 heteroatoms. The Bertz CT molecular complexity index is 666. The maximum atomic E-state index is 2.28. The van der Waals surface area contributed by atoms with Crippen molar-refractivity contribution in [1.29, 1.82) is 0 Å². The molecule has 0 fully saturated rings. The van der Waals surface area contributed by atoms with E-state index in [0.29, 0.717) is 0 Å². The second-order valence-electron chi connectivity index (χ2n) is 9.09. The Labute approximate surface area is 187 Å². The van der Waals surface area contributed by atoms with E-state index in [1.165, 1.54) is 35.6 Å². The van der Waals surface area contributed by atoms with Crippen LogP contribution in [0.2, 0.25) is 0 Å². The van der Waals surface area contributed by atoms with Crippen LogP contribution in [0.25, 0.3) is 0 Å². The summed E-state index contributed by atoms with van der Waals surface area (Å²) in [5.41, 5.74) is 5.14.